The summed E-state index contributed by atoms with van der Waals surface area (Å²) in [6.07, 6.45) is 3.26. The van der Waals surface area contributed by atoms with Crippen molar-refractivity contribution in [3.63, 3.8) is 0 Å². The highest BCUT2D eigenvalue weighted by molar-refractivity contribution is 6.36. The summed E-state index contributed by atoms with van der Waals surface area (Å²) >= 11 is 6.02. The van der Waals surface area contributed by atoms with Crippen LogP contribution in [-0.2, 0) is 16.1 Å². The molecule has 0 spiro atoms. The van der Waals surface area contributed by atoms with Gasteiger partial charge in [0.1, 0.15) is 17.2 Å². The van der Waals surface area contributed by atoms with Crippen molar-refractivity contribution in [2.75, 3.05) is 19.5 Å². The van der Waals surface area contributed by atoms with Crippen LogP contribution in [0, 0.1) is 0 Å². The number of rotatable bonds is 7. The number of aromatic nitrogens is 1. The number of methoxy groups -OCH3 is 2. The van der Waals surface area contributed by atoms with Gasteiger partial charge in [-0.25, -0.2) is 0 Å². The van der Waals surface area contributed by atoms with Gasteiger partial charge in [0.15, 0.2) is 0 Å². The van der Waals surface area contributed by atoms with E-state index in [2.05, 4.69) is 10.3 Å². The van der Waals surface area contributed by atoms with Crippen LogP contribution in [0.5, 0.6) is 11.5 Å². The largest absolute Gasteiger partial charge is 0.497 e. The Morgan fingerprint density at radius 2 is 1.66 bits per heavy atom. The van der Waals surface area contributed by atoms with Crippen molar-refractivity contribution < 1.29 is 19.1 Å². The second-order valence-electron chi connectivity index (χ2n) is 7.04. The fourth-order valence-electron chi connectivity index (χ4n) is 3.42. The topological polar surface area (TPSA) is 80.8 Å². The Morgan fingerprint density at radius 3 is 2.25 bits per heavy atom. The predicted octanol–water partition coefficient (Wildman–Crippen LogP) is 4.14. The summed E-state index contributed by atoms with van der Waals surface area (Å²) in [4.78, 5) is 32.0. The molecule has 1 aliphatic heterocycles. The number of hydrogen-bond acceptors (Lipinski definition) is 6. The number of ether oxygens (including phenoxy) is 2. The Kier molecular flexibility index (Phi) is 6.09. The van der Waals surface area contributed by atoms with Crippen LogP contribution in [0.25, 0.3) is 5.57 Å². The number of carbonyl (C=O) groups is 2. The summed E-state index contributed by atoms with van der Waals surface area (Å²) in [5.74, 6) is 0.248. The highest BCUT2D eigenvalue weighted by atomic mass is 35.5. The van der Waals surface area contributed by atoms with Crippen LogP contribution in [-0.4, -0.2) is 35.9 Å². The molecule has 0 atom stereocenters. The van der Waals surface area contributed by atoms with E-state index in [0.29, 0.717) is 27.8 Å². The third-order valence-corrected chi connectivity index (χ3v) is 5.24. The molecule has 4 rings (SSSR count). The molecule has 0 saturated heterocycles. The van der Waals surface area contributed by atoms with Gasteiger partial charge in [-0.1, -0.05) is 29.8 Å². The molecule has 2 aromatic carbocycles. The van der Waals surface area contributed by atoms with Crippen molar-refractivity contribution in [2.45, 2.75) is 6.54 Å². The summed E-state index contributed by atoms with van der Waals surface area (Å²) in [5, 5.41) is 3.64. The smallest absolute Gasteiger partial charge is 0.278 e. The van der Waals surface area contributed by atoms with Gasteiger partial charge in [0.25, 0.3) is 11.8 Å². The van der Waals surface area contributed by atoms with Crippen molar-refractivity contribution in [1.29, 1.82) is 0 Å². The minimum atomic E-state index is -0.439. The molecule has 1 aromatic heterocycles. The first-order valence-corrected chi connectivity index (χ1v) is 10.1. The Balaban J connectivity index is 1.76. The molecule has 8 heteroatoms. The third kappa shape index (κ3) is 4.29. The standard InChI is InChI=1S/C24H20ClN3O4/c1-31-19-10-18(11-20(12-19)32-2)27-22-21(16-5-7-17(25)8-6-16)23(29)28(24(22)30)14-15-4-3-9-26-13-15/h3-13,27H,14H2,1-2H3. The highest BCUT2D eigenvalue weighted by Gasteiger charge is 2.39. The van der Waals surface area contributed by atoms with Gasteiger partial charge in [-0.05, 0) is 29.3 Å². The molecule has 162 valence electrons. The molecular formula is C24H20ClN3O4. The van der Waals surface area contributed by atoms with Crippen molar-refractivity contribution in [3.8, 4) is 11.5 Å². The zero-order valence-electron chi connectivity index (χ0n) is 17.5. The SMILES string of the molecule is COc1cc(NC2=C(c3ccc(Cl)cc3)C(=O)N(Cc3cccnc3)C2=O)cc(OC)c1. The second kappa shape index (κ2) is 9.11. The fraction of sp³-hybridized carbons (Fsp3) is 0.125. The first-order chi connectivity index (χ1) is 15.5. The summed E-state index contributed by atoms with van der Waals surface area (Å²) in [5.41, 5.74) is 2.30. The van der Waals surface area contributed by atoms with Crippen molar-refractivity contribution in [1.82, 2.24) is 9.88 Å². The molecule has 0 radical (unpaired) electrons. The number of halogens is 1. The zero-order valence-corrected chi connectivity index (χ0v) is 18.2. The lowest BCUT2D eigenvalue weighted by molar-refractivity contribution is -0.137. The Bertz CT molecular complexity index is 1170. The molecule has 3 aromatic rings. The lowest BCUT2D eigenvalue weighted by atomic mass is 10.0. The van der Waals surface area contributed by atoms with Crippen LogP contribution in [0.4, 0.5) is 5.69 Å². The van der Waals surface area contributed by atoms with E-state index < -0.39 is 11.8 Å². The average molecular weight is 450 g/mol. The number of imide groups is 1. The monoisotopic (exact) mass is 449 g/mol. The fourth-order valence-corrected chi connectivity index (χ4v) is 3.54. The van der Waals surface area contributed by atoms with Gasteiger partial charge in [0.2, 0.25) is 0 Å². The Labute approximate surface area is 190 Å². The predicted molar refractivity (Wildman–Crippen MR) is 121 cm³/mol. The zero-order chi connectivity index (χ0) is 22.7. The molecule has 7 nitrogen and oxygen atoms in total. The molecule has 0 aliphatic carbocycles. The summed E-state index contributed by atoms with van der Waals surface area (Å²) in [7, 11) is 3.08. The van der Waals surface area contributed by atoms with Crippen LogP contribution < -0.4 is 14.8 Å². The van der Waals surface area contributed by atoms with Gasteiger partial charge in [-0.15, -0.1) is 0 Å². The molecular weight excluding hydrogens is 430 g/mol. The van der Waals surface area contributed by atoms with E-state index >= 15 is 0 Å². The number of nitrogens with one attached hydrogen (secondary N) is 1. The first-order valence-electron chi connectivity index (χ1n) is 9.75. The van der Waals surface area contributed by atoms with Gasteiger partial charge in [0, 0.05) is 41.3 Å². The average Bonchev–Trinajstić information content (AvgIpc) is 3.04. The number of pyridine rings is 1. The minimum absolute atomic E-state index is 0.106. The normalized spacial score (nSPS) is 13.5. The van der Waals surface area contributed by atoms with E-state index in [9.17, 15) is 9.59 Å². The molecule has 0 saturated carbocycles. The van der Waals surface area contributed by atoms with E-state index in [1.165, 1.54) is 19.1 Å². The maximum Gasteiger partial charge on any atom is 0.278 e. The molecule has 2 heterocycles. The highest BCUT2D eigenvalue weighted by Crippen LogP contribution is 2.34. The van der Waals surface area contributed by atoms with Crippen molar-refractivity contribution >= 4 is 34.7 Å². The molecule has 0 bridgehead atoms. The van der Waals surface area contributed by atoms with Crippen LogP contribution in [0.2, 0.25) is 5.02 Å². The van der Waals surface area contributed by atoms with Crippen LogP contribution >= 0.6 is 11.6 Å². The van der Waals surface area contributed by atoms with Gasteiger partial charge in [0.05, 0.1) is 26.3 Å². The van der Waals surface area contributed by atoms with Crippen molar-refractivity contribution in [2.24, 2.45) is 0 Å². The lowest BCUT2D eigenvalue weighted by Gasteiger charge is -2.15. The Hall–Kier alpha value is -3.84. The molecule has 0 fully saturated rings. The second-order valence-corrected chi connectivity index (χ2v) is 7.48. The van der Waals surface area contributed by atoms with E-state index in [4.69, 9.17) is 21.1 Å². The van der Waals surface area contributed by atoms with Crippen LogP contribution in [0.1, 0.15) is 11.1 Å². The van der Waals surface area contributed by atoms with E-state index in [-0.39, 0.29) is 17.8 Å². The maximum absolute atomic E-state index is 13.4. The molecule has 2 amide bonds. The number of anilines is 1. The number of benzene rings is 2. The van der Waals surface area contributed by atoms with E-state index in [1.807, 2.05) is 6.07 Å². The summed E-state index contributed by atoms with van der Waals surface area (Å²) in [6, 6.07) is 15.5. The molecule has 1 N–H and O–H groups in total. The minimum Gasteiger partial charge on any atom is -0.497 e. The molecule has 0 unspecified atom stereocenters. The van der Waals surface area contributed by atoms with E-state index in [1.54, 1.807) is 60.9 Å². The van der Waals surface area contributed by atoms with Gasteiger partial charge in [-0.2, -0.15) is 0 Å². The van der Waals surface area contributed by atoms with Crippen molar-refractivity contribution in [3.05, 3.63) is 88.8 Å². The first kappa shape index (κ1) is 21.4. The molecule has 32 heavy (non-hydrogen) atoms. The van der Waals surface area contributed by atoms with Gasteiger partial charge >= 0.3 is 0 Å². The van der Waals surface area contributed by atoms with Gasteiger partial charge in [-0.3, -0.25) is 19.5 Å². The summed E-state index contributed by atoms with van der Waals surface area (Å²) < 4.78 is 10.6. The Morgan fingerprint density at radius 1 is 0.969 bits per heavy atom. The van der Waals surface area contributed by atoms with E-state index in [0.717, 1.165) is 5.56 Å². The lowest BCUT2D eigenvalue weighted by Crippen LogP contribution is -2.32. The quantitative estimate of drug-likeness (QED) is 0.546. The summed E-state index contributed by atoms with van der Waals surface area (Å²) in [6.45, 7) is 0.106. The van der Waals surface area contributed by atoms with Gasteiger partial charge < -0.3 is 14.8 Å². The number of amides is 2. The molecule has 1 aliphatic rings. The number of nitrogens with zero attached hydrogens (tertiary/aromatic N) is 2. The number of carbonyl (C=O) groups excluding carboxylic acids is 2. The third-order valence-electron chi connectivity index (χ3n) is 4.99. The van der Waals surface area contributed by atoms with Crippen LogP contribution in [0.15, 0.2) is 72.7 Å². The van der Waals surface area contributed by atoms with Crippen LogP contribution in [0.3, 0.4) is 0 Å². The maximum atomic E-state index is 13.4. The number of hydrogen-bond donors (Lipinski definition) is 1.